The van der Waals surface area contributed by atoms with Crippen LogP contribution in [0.15, 0.2) is 18.2 Å². The van der Waals surface area contributed by atoms with E-state index in [0.29, 0.717) is 32.7 Å². The lowest BCUT2D eigenvalue weighted by Crippen LogP contribution is -2.47. The van der Waals surface area contributed by atoms with Crippen molar-refractivity contribution in [3.63, 3.8) is 0 Å². The summed E-state index contributed by atoms with van der Waals surface area (Å²) in [6.07, 6.45) is 0.0905. The number of hydrogen-bond donors (Lipinski definition) is 1. The first-order valence-electron chi connectivity index (χ1n) is 6.99. The highest BCUT2D eigenvalue weighted by atomic mass is 16.6. The molecule has 3 rings (SSSR count). The molecule has 0 aromatic heterocycles. The van der Waals surface area contributed by atoms with Crippen molar-refractivity contribution in [3.05, 3.63) is 34.9 Å². The van der Waals surface area contributed by atoms with E-state index in [1.807, 2.05) is 6.07 Å². The molecule has 1 fully saturated rings. The molecule has 0 bridgehead atoms. The lowest BCUT2D eigenvalue weighted by molar-refractivity contribution is -0.158. The van der Waals surface area contributed by atoms with Gasteiger partial charge in [0.2, 0.25) is 0 Å². The Kier molecular flexibility index (Phi) is 3.90. The number of aromatic carboxylic acids is 1. The van der Waals surface area contributed by atoms with Crippen LogP contribution in [0.1, 0.15) is 21.5 Å². The van der Waals surface area contributed by atoms with Gasteiger partial charge < -0.3 is 19.5 Å². The number of carbonyl (C=O) groups is 2. The maximum atomic E-state index is 12.4. The number of benzene rings is 1. The zero-order valence-corrected chi connectivity index (χ0v) is 11.6. The molecule has 1 atom stereocenters. The van der Waals surface area contributed by atoms with Crippen molar-refractivity contribution in [2.24, 2.45) is 0 Å². The first-order chi connectivity index (χ1) is 10.2. The maximum absolute atomic E-state index is 12.4. The van der Waals surface area contributed by atoms with Gasteiger partial charge in [-0.25, -0.2) is 4.79 Å². The van der Waals surface area contributed by atoms with E-state index < -0.39 is 12.1 Å². The van der Waals surface area contributed by atoms with E-state index >= 15 is 0 Å². The van der Waals surface area contributed by atoms with E-state index in [9.17, 15) is 14.7 Å². The Morgan fingerprint density at radius 3 is 2.86 bits per heavy atom. The number of nitrogens with zero attached hydrogens (tertiary/aromatic N) is 1. The molecule has 1 unspecified atom stereocenters. The minimum atomic E-state index is -0.960. The van der Waals surface area contributed by atoms with Crippen LogP contribution in [0.4, 0.5) is 0 Å². The first-order valence-corrected chi connectivity index (χ1v) is 6.99. The fraction of sp³-hybridized carbons (Fsp3) is 0.467. The van der Waals surface area contributed by atoms with Crippen LogP contribution in [0.25, 0.3) is 0 Å². The van der Waals surface area contributed by atoms with Gasteiger partial charge in [-0.1, -0.05) is 12.1 Å². The highest BCUT2D eigenvalue weighted by Gasteiger charge is 2.31. The Hall–Kier alpha value is -1.92. The van der Waals surface area contributed by atoms with E-state index in [4.69, 9.17) is 9.47 Å². The normalized spacial score (nSPS) is 21.7. The van der Waals surface area contributed by atoms with E-state index in [2.05, 4.69) is 0 Å². The summed E-state index contributed by atoms with van der Waals surface area (Å²) in [5.74, 6) is -1.08. The number of fused-ring (bicyclic) bond motifs is 1. The molecule has 1 amide bonds. The number of carboxylic acid groups (broad SMARTS) is 1. The maximum Gasteiger partial charge on any atom is 0.336 e. The molecule has 2 aliphatic heterocycles. The van der Waals surface area contributed by atoms with E-state index in [1.165, 1.54) is 0 Å². The molecular weight excluding hydrogens is 274 g/mol. The third-order valence-corrected chi connectivity index (χ3v) is 3.91. The molecule has 0 radical (unpaired) electrons. The molecular formula is C15H17NO5. The Bertz CT molecular complexity index is 565. The van der Waals surface area contributed by atoms with Gasteiger partial charge in [-0.2, -0.15) is 0 Å². The molecule has 2 aliphatic rings. The number of carbonyl (C=O) groups excluding carboxylic acids is 1. The fourth-order valence-corrected chi connectivity index (χ4v) is 2.80. The summed E-state index contributed by atoms with van der Waals surface area (Å²) in [6, 6.07) is 5.25. The summed E-state index contributed by atoms with van der Waals surface area (Å²) in [7, 11) is 0. The Morgan fingerprint density at radius 1 is 1.29 bits per heavy atom. The van der Waals surface area contributed by atoms with Crippen molar-refractivity contribution in [2.45, 2.75) is 19.1 Å². The van der Waals surface area contributed by atoms with Crippen molar-refractivity contribution in [2.75, 3.05) is 26.4 Å². The highest BCUT2D eigenvalue weighted by Crippen LogP contribution is 2.24. The number of hydrogen-bond acceptors (Lipinski definition) is 4. The van der Waals surface area contributed by atoms with Crippen LogP contribution in [-0.2, 0) is 27.2 Å². The summed E-state index contributed by atoms with van der Waals surface area (Å²) in [5.41, 5.74) is 1.99. The van der Waals surface area contributed by atoms with Gasteiger partial charge in [0.25, 0.3) is 5.91 Å². The molecule has 1 N–H and O–H groups in total. The average molecular weight is 291 g/mol. The van der Waals surface area contributed by atoms with E-state index in [0.717, 1.165) is 11.1 Å². The van der Waals surface area contributed by atoms with Gasteiger partial charge in [0.1, 0.15) is 0 Å². The van der Waals surface area contributed by atoms with Crippen LogP contribution in [0.3, 0.4) is 0 Å². The SMILES string of the molecule is O=C(O)c1cccc2c1CN(C(=O)C1COCCO1)CC2. The van der Waals surface area contributed by atoms with Crippen molar-refractivity contribution in [3.8, 4) is 0 Å². The summed E-state index contributed by atoms with van der Waals surface area (Å²) in [4.78, 5) is 25.4. The van der Waals surface area contributed by atoms with Gasteiger partial charge in [-0.3, -0.25) is 4.79 Å². The zero-order chi connectivity index (χ0) is 14.8. The van der Waals surface area contributed by atoms with Gasteiger partial charge in [0, 0.05) is 13.1 Å². The summed E-state index contributed by atoms with van der Waals surface area (Å²) >= 11 is 0. The summed E-state index contributed by atoms with van der Waals surface area (Å²) < 4.78 is 10.7. The standard InChI is InChI=1S/C15H17NO5/c17-14(13-9-20-6-7-21-13)16-5-4-10-2-1-3-11(15(18)19)12(10)8-16/h1-3,13H,4-9H2,(H,18,19). The number of amides is 1. The Balaban J connectivity index is 1.80. The predicted octanol–water partition coefficient (Wildman–Crippen LogP) is 0.685. The minimum Gasteiger partial charge on any atom is -0.478 e. The third kappa shape index (κ3) is 2.77. The van der Waals surface area contributed by atoms with Crippen LogP contribution < -0.4 is 0 Å². The largest absolute Gasteiger partial charge is 0.478 e. The highest BCUT2D eigenvalue weighted by molar-refractivity contribution is 5.90. The van der Waals surface area contributed by atoms with E-state index in [1.54, 1.807) is 17.0 Å². The van der Waals surface area contributed by atoms with Gasteiger partial charge in [-0.05, 0) is 23.6 Å². The van der Waals surface area contributed by atoms with Crippen molar-refractivity contribution in [1.82, 2.24) is 4.90 Å². The van der Waals surface area contributed by atoms with Gasteiger partial charge >= 0.3 is 5.97 Å². The van der Waals surface area contributed by atoms with Crippen LogP contribution >= 0.6 is 0 Å². The number of rotatable bonds is 2. The number of ether oxygens (including phenoxy) is 2. The molecule has 6 heteroatoms. The predicted molar refractivity (Wildman–Crippen MR) is 73.1 cm³/mol. The van der Waals surface area contributed by atoms with Crippen LogP contribution in [0.5, 0.6) is 0 Å². The molecule has 2 heterocycles. The molecule has 1 aromatic rings. The molecule has 6 nitrogen and oxygen atoms in total. The average Bonchev–Trinajstić information content (AvgIpc) is 2.53. The summed E-state index contributed by atoms with van der Waals surface area (Å²) in [6.45, 7) is 2.09. The summed E-state index contributed by atoms with van der Waals surface area (Å²) in [5, 5.41) is 9.27. The van der Waals surface area contributed by atoms with Gasteiger partial charge in [-0.15, -0.1) is 0 Å². The Labute approximate surface area is 122 Å². The second-order valence-electron chi connectivity index (χ2n) is 5.19. The second kappa shape index (κ2) is 5.83. The molecule has 0 spiro atoms. The lowest BCUT2D eigenvalue weighted by atomic mass is 9.94. The zero-order valence-electron chi connectivity index (χ0n) is 11.6. The smallest absolute Gasteiger partial charge is 0.336 e. The van der Waals surface area contributed by atoms with Crippen LogP contribution in [0.2, 0.25) is 0 Å². The monoisotopic (exact) mass is 291 g/mol. The lowest BCUT2D eigenvalue weighted by Gasteiger charge is -2.33. The van der Waals surface area contributed by atoms with Gasteiger partial charge in [0.05, 0.1) is 25.4 Å². The van der Waals surface area contributed by atoms with Gasteiger partial charge in [0.15, 0.2) is 6.10 Å². The Morgan fingerprint density at radius 2 is 2.14 bits per heavy atom. The second-order valence-corrected chi connectivity index (χ2v) is 5.19. The minimum absolute atomic E-state index is 0.124. The topological polar surface area (TPSA) is 76.1 Å². The fourth-order valence-electron chi connectivity index (χ4n) is 2.80. The molecule has 0 saturated carbocycles. The molecule has 1 saturated heterocycles. The van der Waals surface area contributed by atoms with Crippen LogP contribution in [-0.4, -0.2) is 54.4 Å². The van der Waals surface area contributed by atoms with Crippen molar-refractivity contribution in [1.29, 1.82) is 0 Å². The third-order valence-electron chi connectivity index (χ3n) is 3.91. The molecule has 21 heavy (non-hydrogen) atoms. The first kappa shape index (κ1) is 14.0. The van der Waals surface area contributed by atoms with E-state index in [-0.39, 0.29) is 18.1 Å². The molecule has 1 aromatic carbocycles. The molecule has 0 aliphatic carbocycles. The van der Waals surface area contributed by atoms with Crippen molar-refractivity contribution >= 4 is 11.9 Å². The number of carboxylic acids is 1. The van der Waals surface area contributed by atoms with Crippen molar-refractivity contribution < 1.29 is 24.2 Å². The quantitative estimate of drug-likeness (QED) is 0.867. The molecule has 112 valence electrons. The van der Waals surface area contributed by atoms with Crippen LogP contribution in [0, 0.1) is 0 Å².